The number of primary amides is 1. The lowest BCUT2D eigenvalue weighted by Gasteiger charge is -2.14. The van der Waals surface area contributed by atoms with Crippen LogP contribution in [0, 0.1) is 0 Å². The summed E-state index contributed by atoms with van der Waals surface area (Å²) in [4.78, 5) is 21.1. The Hall–Kier alpha value is -0.360. The molecular weight excluding hydrogens is 258 g/mol. The Bertz CT molecular complexity index is 237. The fourth-order valence-electron chi connectivity index (χ4n) is 1.41. The first-order chi connectivity index (χ1) is 8.06. The monoisotopic (exact) mass is 279 g/mol. The molecule has 0 saturated carbocycles. The van der Waals surface area contributed by atoms with Gasteiger partial charge in [0.05, 0.1) is 5.75 Å². The lowest BCUT2D eigenvalue weighted by atomic mass is 10.1. The van der Waals surface area contributed by atoms with Gasteiger partial charge in [0.1, 0.15) is 0 Å². The summed E-state index contributed by atoms with van der Waals surface area (Å²) >= 11 is 3.38. The van der Waals surface area contributed by atoms with Gasteiger partial charge in [-0.3, -0.25) is 9.59 Å². The van der Waals surface area contributed by atoms with E-state index in [0.29, 0.717) is 17.4 Å². The summed E-state index contributed by atoms with van der Waals surface area (Å²) in [6.45, 7) is 0. The first-order valence-corrected chi connectivity index (χ1v) is 8.11. The van der Waals surface area contributed by atoms with Gasteiger partial charge >= 0.3 is 5.97 Å². The zero-order valence-electron chi connectivity index (χ0n) is 10.2. The molecule has 4 nitrogen and oxygen atoms in total. The number of amides is 1. The second-order valence-electron chi connectivity index (χ2n) is 3.82. The van der Waals surface area contributed by atoms with Crippen LogP contribution in [0.3, 0.4) is 0 Å². The Morgan fingerprint density at radius 2 is 2.00 bits per heavy atom. The van der Waals surface area contributed by atoms with Crippen molar-refractivity contribution in [1.29, 1.82) is 0 Å². The van der Waals surface area contributed by atoms with Crippen LogP contribution in [0.25, 0.3) is 0 Å². The van der Waals surface area contributed by atoms with Crippen LogP contribution in [0.15, 0.2) is 0 Å². The number of aliphatic carboxylic acids is 1. The zero-order valence-corrected chi connectivity index (χ0v) is 11.8. The van der Waals surface area contributed by atoms with Crippen molar-refractivity contribution in [3.8, 4) is 0 Å². The molecule has 0 heterocycles. The van der Waals surface area contributed by atoms with E-state index in [1.165, 1.54) is 0 Å². The number of carboxylic acids is 1. The Morgan fingerprint density at radius 3 is 2.53 bits per heavy atom. The van der Waals surface area contributed by atoms with Crippen molar-refractivity contribution in [2.45, 2.75) is 37.4 Å². The molecule has 0 aromatic heterocycles. The Kier molecular flexibility index (Phi) is 10.5. The Labute approximate surface area is 111 Å². The van der Waals surface area contributed by atoms with Gasteiger partial charge in [-0.25, -0.2) is 0 Å². The second-order valence-corrected chi connectivity index (χ2v) is 6.09. The highest BCUT2D eigenvalue weighted by Crippen LogP contribution is 2.22. The van der Waals surface area contributed by atoms with Gasteiger partial charge in [-0.2, -0.15) is 11.8 Å². The maximum atomic E-state index is 10.7. The average molecular weight is 279 g/mol. The topological polar surface area (TPSA) is 80.4 Å². The number of unbranched alkanes of at least 4 members (excludes halogenated alkanes) is 1. The van der Waals surface area contributed by atoms with E-state index >= 15 is 0 Å². The fourth-order valence-corrected chi connectivity index (χ4v) is 3.10. The highest BCUT2D eigenvalue weighted by molar-refractivity contribution is 8.00. The number of thioether (sulfide) groups is 2. The van der Waals surface area contributed by atoms with Gasteiger partial charge in [0, 0.05) is 11.7 Å². The molecule has 0 aliphatic heterocycles. The average Bonchev–Trinajstić information content (AvgIpc) is 2.26. The SMILES string of the molecule is CSCCC(CCCCC(=O)O)SCC(N)=O. The predicted octanol–water partition coefficient (Wildman–Crippen LogP) is 1.97. The third-order valence-electron chi connectivity index (χ3n) is 2.27. The predicted molar refractivity (Wildman–Crippen MR) is 74.5 cm³/mol. The summed E-state index contributed by atoms with van der Waals surface area (Å²) in [6, 6.07) is 0. The van der Waals surface area contributed by atoms with Crippen LogP contribution in [0.1, 0.15) is 32.1 Å². The smallest absolute Gasteiger partial charge is 0.303 e. The van der Waals surface area contributed by atoms with Gasteiger partial charge in [-0.05, 0) is 31.3 Å². The Morgan fingerprint density at radius 1 is 1.29 bits per heavy atom. The zero-order chi connectivity index (χ0) is 13.1. The minimum Gasteiger partial charge on any atom is -0.481 e. The number of hydrogen-bond donors (Lipinski definition) is 2. The van der Waals surface area contributed by atoms with Crippen molar-refractivity contribution in [3.63, 3.8) is 0 Å². The van der Waals surface area contributed by atoms with E-state index < -0.39 is 5.97 Å². The molecule has 0 aliphatic rings. The maximum Gasteiger partial charge on any atom is 0.303 e. The van der Waals surface area contributed by atoms with Crippen LogP contribution in [-0.4, -0.2) is 40.0 Å². The third-order valence-corrected chi connectivity index (χ3v) is 4.31. The summed E-state index contributed by atoms with van der Waals surface area (Å²) in [7, 11) is 0. The molecule has 1 atom stereocenters. The number of carbonyl (C=O) groups excluding carboxylic acids is 1. The molecular formula is C11H21NO3S2. The largest absolute Gasteiger partial charge is 0.481 e. The first-order valence-electron chi connectivity index (χ1n) is 5.67. The molecule has 17 heavy (non-hydrogen) atoms. The molecule has 0 spiro atoms. The van der Waals surface area contributed by atoms with Crippen molar-refractivity contribution >= 4 is 35.4 Å². The number of nitrogens with two attached hydrogens (primary N) is 1. The molecule has 0 fully saturated rings. The van der Waals surface area contributed by atoms with E-state index in [9.17, 15) is 9.59 Å². The first kappa shape index (κ1) is 16.6. The molecule has 0 radical (unpaired) electrons. The fraction of sp³-hybridized carbons (Fsp3) is 0.818. The van der Waals surface area contributed by atoms with Crippen molar-refractivity contribution < 1.29 is 14.7 Å². The molecule has 0 aromatic carbocycles. The van der Waals surface area contributed by atoms with Crippen molar-refractivity contribution in [2.75, 3.05) is 17.8 Å². The van der Waals surface area contributed by atoms with Crippen LogP contribution in [-0.2, 0) is 9.59 Å². The van der Waals surface area contributed by atoms with Crippen molar-refractivity contribution in [1.82, 2.24) is 0 Å². The van der Waals surface area contributed by atoms with E-state index in [1.54, 1.807) is 23.5 Å². The normalized spacial score (nSPS) is 12.3. The molecule has 0 aliphatic carbocycles. The van der Waals surface area contributed by atoms with E-state index in [0.717, 1.165) is 25.0 Å². The van der Waals surface area contributed by atoms with Gasteiger partial charge in [0.25, 0.3) is 0 Å². The quantitative estimate of drug-likeness (QED) is 0.565. The minimum atomic E-state index is -0.740. The van der Waals surface area contributed by atoms with Crippen LogP contribution in [0.4, 0.5) is 0 Å². The lowest BCUT2D eigenvalue weighted by molar-refractivity contribution is -0.137. The van der Waals surface area contributed by atoms with Crippen LogP contribution >= 0.6 is 23.5 Å². The number of carbonyl (C=O) groups is 2. The van der Waals surface area contributed by atoms with E-state index in [1.807, 2.05) is 0 Å². The summed E-state index contributed by atoms with van der Waals surface area (Å²) in [5, 5.41) is 8.95. The maximum absolute atomic E-state index is 10.7. The summed E-state index contributed by atoms with van der Waals surface area (Å²) in [6.07, 6.45) is 5.91. The van der Waals surface area contributed by atoms with Gasteiger partial charge in [0.2, 0.25) is 5.91 Å². The molecule has 1 unspecified atom stereocenters. The van der Waals surface area contributed by atoms with Gasteiger partial charge < -0.3 is 10.8 Å². The Balaban J connectivity index is 3.75. The molecule has 0 bridgehead atoms. The molecule has 0 saturated heterocycles. The standard InChI is InChI=1S/C11H21NO3S2/c1-16-7-6-9(17-8-10(12)13)4-2-3-5-11(14)15/h9H,2-8H2,1H3,(H2,12,13)(H,14,15). The van der Waals surface area contributed by atoms with Crippen LogP contribution in [0.2, 0.25) is 0 Å². The highest BCUT2D eigenvalue weighted by atomic mass is 32.2. The third kappa shape index (κ3) is 11.9. The van der Waals surface area contributed by atoms with E-state index in [4.69, 9.17) is 10.8 Å². The van der Waals surface area contributed by atoms with E-state index in [-0.39, 0.29) is 12.3 Å². The summed E-state index contributed by atoms with van der Waals surface area (Å²) in [5.41, 5.74) is 5.12. The lowest BCUT2D eigenvalue weighted by Crippen LogP contribution is -2.16. The molecule has 6 heteroatoms. The highest BCUT2D eigenvalue weighted by Gasteiger charge is 2.10. The summed E-state index contributed by atoms with van der Waals surface area (Å²) in [5.74, 6) is 0.401. The van der Waals surface area contributed by atoms with E-state index in [2.05, 4.69) is 6.26 Å². The second kappa shape index (κ2) is 10.8. The summed E-state index contributed by atoms with van der Waals surface area (Å²) < 4.78 is 0. The van der Waals surface area contributed by atoms with Crippen LogP contribution < -0.4 is 5.73 Å². The molecule has 1 amide bonds. The van der Waals surface area contributed by atoms with Gasteiger partial charge in [-0.15, -0.1) is 11.8 Å². The van der Waals surface area contributed by atoms with Crippen LogP contribution in [0.5, 0.6) is 0 Å². The molecule has 0 rings (SSSR count). The van der Waals surface area contributed by atoms with Crippen molar-refractivity contribution in [3.05, 3.63) is 0 Å². The number of carboxylic acid groups (broad SMARTS) is 1. The van der Waals surface area contributed by atoms with Gasteiger partial charge in [-0.1, -0.05) is 6.42 Å². The minimum absolute atomic E-state index is 0.232. The number of rotatable bonds is 11. The molecule has 0 aromatic rings. The number of hydrogen-bond acceptors (Lipinski definition) is 4. The molecule has 3 N–H and O–H groups in total. The van der Waals surface area contributed by atoms with Gasteiger partial charge in [0.15, 0.2) is 0 Å². The van der Waals surface area contributed by atoms with Crippen molar-refractivity contribution in [2.24, 2.45) is 5.73 Å². The molecule has 100 valence electrons.